The largest absolute Gasteiger partial charge is 0.471 e. The lowest BCUT2D eigenvalue weighted by Gasteiger charge is -2.14. The second-order valence-electron chi connectivity index (χ2n) is 3.53. The van der Waals surface area contributed by atoms with E-state index in [1.807, 2.05) is 12.2 Å². The molecule has 1 saturated carbocycles. The van der Waals surface area contributed by atoms with E-state index >= 15 is 0 Å². The molecule has 76 valence electrons. The van der Waals surface area contributed by atoms with Crippen molar-refractivity contribution in [3.8, 4) is 0 Å². The topological polar surface area (TPSA) is 29.1 Å². The fourth-order valence-corrected chi connectivity index (χ4v) is 1.20. The molecule has 1 N–H and O–H groups in total. The maximum atomic E-state index is 11.7. The van der Waals surface area contributed by atoms with Crippen molar-refractivity contribution in [1.29, 1.82) is 0 Å². The monoisotopic (exact) mass is 195 g/mol. The Hall–Kier alpha value is -0.740. The van der Waals surface area contributed by atoms with E-state index in [1.54, 1.807) is 0 Å². The molecule has 0 aliphatic heterocycles. The van der Waals surface area contributed by atoms with E-state index in [-0.39, 0.29) is 12.0 Å². The van der Waals surface area contributed by atoms with Gasteiger partial charge in [0.05, 0.1) is 0 Å². The van der Waals surface area contributed by atoms with Crippen LogP contribution in [-0.4, -0.2) is 18.6 Å². The van der Waals surface area contributed by atoms with E-state index in [2.05, 4.69) is 0 Å². The lowest BCUT2D eigenvalue weighted by Crippen LogP contribution is -2.39. The highest BCUT2D eigenvalue weighted by molar-refractivity contribution is 5.81. The molecule has 0 spiro atoms. The maximum Gasteiger partial charge on any atom is 0.471 e. The van der Waals surface area contributed by atoms with Crippen LogP contribution in [-0.2, 0) is 4.79 Å². The van der Waals surface area contributed by atoms with Crippen LogP contribution in [0.4, 0.5) is 13.2 Å². The summed E-state index contributed by atoms with van der Waals surface area (Å²) in [6, 6.07) is 0. The summed E-state index contributed by atoms with van der Waals surface area (Å²) in [7, 11) is 0. The van der Waals surface area contributed by atoms with Crippen molar-refractivity contribution in [2.24, 2.45) is 5.41 Å². The van der Waals surface area contributed by atoms with Crippen molar-refractivity contribution < 1.29 is 18.0 Å². The minimum Gasteiger partial charge on any atom is -0.348 e. The van der Waals surface area contributed by atoms with Gasteiger partial charge in [-0.3, -0.25) is 4.79 Å². The predicted molar refractivity (Wildman–Crippen MR) is 41.0 cm³/mol. The zero-order chi connectivity index (χ0) is 10.1. The minimum absolute atomic E-state index is 0.0408. The standard InChI is InChI=1S/C8H12F3NO/c1-2-7(3-4-7)5-12-6(13)8(9,10)11/h2-5H2,1H3,(H,12,13). The number of hydrogen-bond acceptors (Lipinski definition) is 1. The molecule has 0 saturated heterocycles. The third-order valence-corrected chi connectivity index (χ3v) is 2.59. The minimum atomic E-state index is -4.75. The Kier molecular flexibility index (Phi) is 2.54. The number of carbonyl (C=O) groups is 1. The van der Waals surface area contributed by atoms with Gasteiger partial charge in [0.1, 0.15) is 0 Å². The zero-order valence-corrected chi connectivity index (χ0v) is 7.37. The highest BCUT2D eigenvalue weighted by Crippen LogP contribution is 2.47. The summed E-state index contributed by atoms with van der Waals surface area (Å²) in [6.45, 7) is 2.08. The van der Waals surface area contributed by atoms with Gasteiger partial charge in [0.15, 0.2) is 0 Å². The first-order chi connectivity index (χ1) is 5.90. The van der Waals surface area contributed by atoms with E-state index in [9.17, 15) is 18.0 Å². The number of nitrogens with one attached hydrogen (secondary N) is 1. The van der Waals surface area contributed by atoms with Gasteiger partial charge in [-0.2, -0.15) is 13.2 Å². The van der Waals surface area contributed by atoms with Crippen LogP contribution in [0.3, 0.4) is 0 Å². The highest BCUT2D eigenvalue weighted by Gasteiger charge is 2.44. The second-order valence-corrected chi connectivity index (χ2v) is 3.53. The van der Waals surface area contributed by atoms with Crippen LogP contribution in [0.15, 0.2) is 0 Å². The van der Waals surface area contributed by atoms with Gasteiger partial charge in [0, 0.05) is 6.54 Å². The molecule has 13 heavy (non-hydrogen) atoms. The molecule has 2 nitrogen and oxygen atoms in total. The molecular weight excluding hydrogens is 183 g/mol. The van der Waals surface area contributed by atoms with Gasteiger partial charge in [-0.15, -0.1) is 0 Å². The van der Waals surface area contributed by atoms with Gasteiger partial charge in [0.2, 0.25) is 0 Å². The van der Waals surface area contributed by atoms with E-state index in [1.165, 1.54) is 0 Å². The molecule has 0 bridgehead atoms. The second kappa shape index (κ2) is 3.20. The Labute approximate surface area is 74.5 Å². The van der Waals surface area contributed by atoms with E-state index in [0.29, 0.717) is 0 Å². The average molecular weight is 195 g/mol. The van der Waals surface area contributed by atoms with Gasteiger partial charge in [-0.05, 0) is 24.7 Å². The fourth-order valence-electron chi connectivity index (χ4n) is 1.20. The first-order valence-corrected chi connectivity index (χ1v) is 4.25. The van der Waals surface area contributed by atoms with Crippen molar-refractivity contribution in [1.82, 2.24) is 5.32 Å². The molecule has 0 radical (unpaired) electrons. The summed E-state index contributed by atoms with van der Waals surface area (Å²) >= 11 is 0. The van der Waals surface area contributed by atoms with Crippen LogP contribution in [0.2, 0.25) is 0 Å². The lowest BCUT2D eigenvalue weighted by atomic mass is 10.0. The highest BCUT2D eigenvalue weighted by atomic mass is 19.4. The number of alkyl halides is 3. The normalized spacial score (nSPS) is 19.7. The molecular formula is C8H12F3NO. The Bertz CT molecular complexity index is 208. The number of hydrogen-bond donors (Lipinski definition) is 1. The summed E-state index contributed by atoms with van der Waals surface area (Å²) in [5, 5.41) is 1.91. The van der Waals surface area contributed by atoms with E-state index < -0.39 is 12.1 Å². The summed E-state index contributed by atoms with van der Waals surface area (Å²) < 4.78 is 35.2. The van der Waals surface area contributed by atoms with Crippen molar-refractivity contribution in [2.75, 3.05) is 6.54 Å². The van der Waals surface area contributed by atoms with Crippen LogP contribution < -0.4 is 5.32 Å². The smallest absolute Gasteiger partial charge is 0.348 e. The molecule has 1 fully saturated rings. The van der Waals surface area contributed by atoms with Crippen LogP contribution in [0.1, 0.15) is 26.2 Å². The van der Waals surface area contributed by atoms with Gasteiger partial charge in [-0.1, -0.05) is 6.92 Å². The van der Waals surface area contributed by atoms with Crippen molar-refractivity contribution >= 4 is 5.91 Å². The van der Waals surface area contributed by atoms with Gasteiger partial charge < -0.3 is 5.32 Å². The first-order valence-electron chi connectivity index (χ1n) is 4.25. The molecule has 1 aliphatic rings. The predicted octanol–water partition coefficient (Wildman–Crippen LogP) is 1.86. The van der Waals surface area contributed by atoms with Crippen LogP contribution in [0.25, 0.3) is 0 Å². The molecule has 1 amide bonds. The van der Waals surface area contributed by atoms with Gasteiger partial charge in [-0.25, -0.2) is 0 Å². The number of carbonyl (C=O) groups excluding carboxylic acids is 1. The van der Waals surface area contributed by atoms with Crippen molar-refractivity contribution in [2.45, 2.75) is 32.4 Å². The van der Waals surface area contributed by atoms with Crippen molar-refractivity contribution in [3.63, 3.8) is 0 Å². The van der Waals surface area contributed by atoms with Crippen LogP contribution >= 0.6 is 0 Å². The van der Waals surface area contributed by atoms with Crippen LogP contribution in [0.5, 0.6) is 0 Å². The third kappa shape index (κ3) is 2.60. The number of amides is 1. The Morgan fingerprint density at radius 3 is 2.31 bits per heavy atom. The number of rotatable bonds is 3. The summed E-state index contributed by atoms with van der Waals surface area (Å²) in [5.41, 5.74) is -0.0408. The van der Waals surface area contributed by atoms with Gasteiger partial charge in [0.25, 0.3) is 0 Å². The summed E-state index contributed by atoms with van der Waals surface area (Å²) in [6.07, 6.45) is -2.09. The molecule has 0 heterocycles. The number of halogens is 3. The molecule has 0 aromatic heterocycles. The van der Waals surface area contributed by atoms with Gasteiger partial charge >= 0.3 is 12.1 Å². The van der Waals surface area contributed by atoms with E-state index in [4.69, 9.17) is 0 Å². The lowest BCUT2D eigenvalue weighted by molar-refractivity contribution is -0.173. The van der Waals surface area contributed by atoms with Crippen LogP contribution in [0, 0.1) is 5.41 Å². The molecule has 5 heteroatoms. The molecule has 1 rings (SSSR count). The quantitative estimate of drug-likeness (QED) is 0.731. The molecule has 0 aromatic carbocycles. The average Bonchev–Trinajstić information content (AvgIpc) is 2.79. The SMILES string of the molecule is CCC1(CNC(=O)C(F)(F)F)CC1. The molecule has 0 unspecified atom stereocenters. The summed E-state index contributed by atoms with van der Waals surface area (Å²) in [4.78, 5) is 10.4. The Balaban J connectivity index is 2.31. The Morgan fingerprint density at radius 2 is 2.00 bits per heavy atom. The van der Waals surface area contributed by atoms with E-state index in [0.717, 1.165) is 19.3 Å². The zero-order valence-electron chi connectivity index (χ0n) is 7.37. The van der Waals surface area contributed by atoms with Crippen molar-refractivity contribution in [3.05, 3.63) is 0 Å². The maximum absolute atomic E-state index is 11.7. The first kappa shape index (κ1) is 10.3. The Morgan fingerprint density at radius 1 is 1.46 bits per heavy atom. The molecule has 0 atom stereocenters. The summed E-state index contributed by atoms with van der Waals surface area (Å²) in [5.74, 6) is -1.83. The molecule has 0 aromatic rings. The molecule has 1 aliphatic carbocycles. The third-order valence-electron chi connectivity index (χ3n) is 2.59. The fraction of sp³-hybridized carbons (Fsp3) is 0.875.